The van der Waals surface area contributed by atoms with Crippen LogP contribution in [0.3, 0.4) is 0 Å². The fourth-order valence-electron chi connectivity index (χ4n) is 2.51. The van der Waals surface area contributed by atoms with Crippen LogP contribution in [0.1, 0.15) is 26.2 Å². The van der Waals surface area contributed by atoms with Crippen molar-refractivity contribution in [3.63, 3.8) is 0 Å². The van der Waals surface area contributed by atoms with Crippen LogP contribution >= 0.6 is 0 Å². The minimum Gasteiger partial charge on any atom is -0.381 e. The summed E-state index contributed by atoms with van der Waals surface area (Å²) >= 11 is 0. The van der Waals surface area contributed by atoms with E-state index in [-0.39, 0.29) is 17.4 Å². The SMILES string of the molecule is CCCC1(N)CN(C(=O)C2CCOC2)C1. The average Bonchev–Trinajstić information content (AvgIpc) is 2.66. The van der Waals surface area contributed by atoms with Gasteiger partial charge in [-0.15, -0.1) is 0 Å². The van der Waals surface area contributed by atoms with Gasteiger partial charge in [-0.25, -0.2) is 0 Å². The maximum Gasteiger partial charge on any atom is 0.228 e. The molecular formula is C11H20N2O2. The summed E-state index contributed by atoms with van der Waals surface area (Å²) in [6, 6.07) is 0. The lowest BCUT2D eigenvalue weighted by atomic mass is 9.85. The number of nitrogens with zero attached hydrogens (tertiary/aromatic N) is 1. The van der Waals surface area contributed by atoms with Crippen molar-refractivity contribution >= 4 is 5.91 Å². The maximum atomic E-state index is 11.9. The molecule has 0 aromatic rings. The Morgan fingerprint density at radius 1 is 1.60 bits per heavy atom. The van der Waals surface area contributed by atoms with Gasteiger partial charge in [0, 0.05) is 19.7 Å². The summed E-state index contributed by atoms with van der Waals surface area (Å²) in [6.45, 7) is 4.92. The molecule has 0 bridgehead atoms. The number of ether oxygens (including phenoxy) is 1. The van der Waals surface area contributed by atoms with Gasteiger partial charge in [-0.05, 0) is 12.8 Å². The highest BCUT2D eigenvalue weighted by Crippen LogP contribution is 2.26. The van der Waals surface area contributed by atoms with Gasteiger partial charge in [0.2, 0.25) is 5.91 Å². The van der Waals surface area contributed by atoms with Crippen LogP contribution in [0.5, 0.6) is 0 Å². The monoisotopic (exact) mass is 212 g/mol. The topological polar surface area (TPSA) is 55.6 Å². The summed E-state index contributed by atoms with van der Waals surface area (Å²) in [7, 11) is 0. The van der Waals surface area contributed by atoms with Crippen LogP contribution < -0.4 is 5.73 Å². The molecule has 0 aliphatic carbocycles. The fourth-order valence-corrected chi connectivity index (χ4v) is 2.51. The van der Waals surface area contributed by atoms with Crippen molar-refractivity contribution in [2.75, 3.05) is 26.3 Å². The number of hydrogen-bond acceptors (Lipinski definition) is 3. The van der Waals surface area contributed by atoms with E-state index in [0.29, 0.717) is 6.61 Å². The highest BCUT2D eigenvalue weighted by molar-refractivity contribution is 5.80. The Hall–Kier alpha value is -0.610. The largest absolute Gasteiger partial charge is 0.381 e. The normalized spacial score (nSPS) is 28.9. The predicted molar refractivity (Wildman–Crippen MR) is 57.3 cm³/mol. The van der Waals surface area contributed by atoms with Crippen LogP contribution in [0, 0.1) is 5.92 Å². The van der Waals surface area contributed by atoms with Crippen molar-refractivity contribution in [1.29, 1.82) is 0 Å². The molecule has 2 aliphatic heterocycles. The van der Waals surface area contributed by atoms with Crippen LogP contribution in [0.2, 0.25) is 0 Å². The zero-order valence-corrected chi connectivity index (χ0v) is 9.37. The Kier molecular flexibility index (Phi) is 2.98. The van der Waals surface area contributed by atoms with E-state index in [1.54, 1.807) is 0 Å². The van der Waals surface area contributed by atoms with E-state index in [1.807, 2.05) is 4.90 Å². The zero-order chi connectivity index (χ0) is 10.9. The molecule has 0 spiro atoms. The fraction of sp³-hybridized carbons (Fsp3) is 0.909. The number of likely N-dealkylation sites (tertiary alicyclic amines) is 1. The zero-order valence-electron chi connectivity index (χ0n) is 9.37. The maximum absolute atomic E-state index is 11.9. The van der Waals surface area contributed by atoms with Crippen molar-refractivity contribution in [3.05, 3.63) is 0 Å². The van der Waals surface area contributed by atoms with Gasteiger partial charge in [0.05, 0.1) is 18.1 Å². The highest BCUT2D eigenvalue weighted by Gasteiger charge is 2.43. The number of rotatable bonds is 3. The molecule has 86 valence electrons. The standard InChI is InChI=1S/C11H20N2O2/c1-2-4-11(12)7-13(8-11)10(14)9-3-5-15-6-9/h9H,2-8,12H2,1H3. The van der Waals surface area contributed by atoms with E-state index in [9.17, 15) is 4.79 Å². The Balaban J connectivity index is 1.80. The van der Waals surface area contributed by atoms with Crippen LogP contribution in [-0.4, -0.2) is 42.6 Å². The first-order valence-corrected chi connectivity index (χ1v) is 5.80. The Bertz CT molecular complexity index is 243. The number of carbonyl (C=O) groups excluding carboxylic acids is 1. The molecule has 2 saturated heterocycles. The van der Waals surface area contributed by atoms with Crippen LogP contribution in [0.4, 0.5) is 0 Å². The van der Waals surface area contributed by atoms with Gasteiger partial charge < -0.3 is 15.4 Å². The second-order valence-corrected chi connectivity index (χ2v) is 4.87. The lowest BCUT2D eigenvalue weighted by Crippen LogP contribution is -2.69. The van der Waals surface area contributed by atoms with Crippen molar-refractivity contribution in [3.8, 4) is 0 Å². The molecule has 15 heavy (non-hydrogen) atoms. The van der Waals surface area contributed by atoms with E-state index in [4.69, 9.17) is 10.5 Å². The van der Waals surface area contributed by atoms with E-state index in [1.165, 1.54) is 0 Å². The number of carbonyl (C=O) groups is 1. The lowest BCUT2D eigenvalue weighted by molar-refractivity contribution is -0.143. The first-order chi connectivity index (χ1) is 7.14. The molecule has 2 N–H and O–H groups in total. The molecule has 1 amide bonds. The van der Waals surface area contributed by atoms with Gasteiger partial charge in [-0.1, -0.05) is 13.3 Å². The van der Waals surface area contributed by atoms with Gasteiger partial charge in [0.15, 0.2) is 0 Å². The average molecular weight is 212 g/mol. The summed E-state index contributed by atoms with van der Waals surface area (Å²) in [5.41, 5.74) is 6.01. The number of amides is 1. The summed E-state index contributed by atoms with van der Waals surface area (Å²) in [5, 5.41) is 0. The third-order valence-corrected chi connectivity index (χ3v) is 3.35. The second kappa shape index (κ2) is 4.10. The molecule has 2 rings (SSSR count). The van der Waals surface area contributed by atoms with Crippen LogP contribution in [-0.2, 0) is 9.53 Å². The van der Waals surface area contributed by atoms with E-state index in [0.717, 1.165) is 39.0 Å². The van der Waals surface area contributed by atoms with Gasteiger partial charge >= 0.3 is 0 Å². The summed E-state index contributed by atoms with van der Waals surface area (Å²) in [4.78, 5) is 13.8. The van der Waals surface area contributed by atoms with E-state index < -0.39 is 0 Å². The van der Waals surface area contributed by atoms with Gasteiger partial charge in [-0.2, -0.15) is 0 Å². The molecule has 1 unspecified atom stereocenters. The van der Waals surface area contributed by atoms with Gasteiger partial charge in [-0.3, -0.25) is 4.79 Å². The molecule has 4 nitrogen and oxygen atoms in total. The van der Waals surface area contributed by atoms with E-state index in [2.05, 4.69) is 6.92 Å². The molecular weight excluding hydrogens is 192 g/mol. The quantitative estimate of drug-likeness (QED) is 0.735. The first kappa shape index (κ1) is 10.9. The summed E-state index contributed by atoms with van der Waals surface area (Å²) in [5.74, 6) is 0.334. The Morgan fingerprint density at radius 2 is 2.33 bits per heavy atom. The molecule has 0 aromatic heterocycles. The minimum atomic E-state index is -0.107. The summed E-state index contributed by atoms with van der Waals surface area (Å²) < 4.78 is 5.22. The van der Waals surface area contributed by atoms with Crippen molar-refractivity contribution in [1.82, 2.24) is 4.90 Å². The van der Waals surface area contributed by atoms with Gasteiger partial charge in [0.1, 0.15) is 0 Å². The predicted octanol–water partition coefficient (Wildman–Crippen LogP) is 0.363. The van der Waals surface area contributed by atoms with Crippen molar-refractivity contribution < 1.29 is 9.53 Å². The molecule has 1 atom stereocenters. The van der Waals surface area contributed by atoms with Crippen molar-refractivity contribution in [2.24, 2.45) is 11.7 Å². The lowest BCUT2D eigenvalue weighted by Gasteiger charge is -2.48. The Labute approximate surface area is 90.8 Å². The molecule has 4 heteroatoms. The molecule has 0 aromatic carbocycles. The third-order valence-electron chi connectivity index (χ3n) is 3.35. The Morgan fingerprint density at radius 3 is 2.87 bits per heavy atom. The first-order valence-electron chi connectivity index (χ1n) is 5.80. The van der Waals surface area contributed by atoms with Gasteiger partial charge in [0.25, 0.3) is 0 Å². The highest BCUT2D eigenvalue weighted by atomic mass is 16.5. The molecule has 2 aliphatic rings. The minimum absolute atomic E-state index is 0.0937. The summed E-state index contributed by atoms with van der Waals surface area (Å²) in [6.07, 6.45) is 2.98. The molecule has 2 heterocycles. The molecule has 2 fully saturated rings. The number of nitrogens with two attached hydrogens (primary N) is 1. The number of hydrogen-bond donors (Lipinski definition) is 1. The molecule has 0 radical (unpaired) electrons. The van der Waals surface area contributed by atoms with Crippen LogP contribution in [0.15, 0.2) is 0 Å². The smallest absolute Gasteiger partial charge is 0.228 e. The molecule has 0 saturated carbocycles. The van der Waals surface area contributed by atoms with Crippen LogP contribution in [0.25, 0.3) is 0 Å². The second-order valence-electron chi connectivity index (χ2n) is 4.87. The third kappa shape index (κ3) is 2.16. The van der Waals surface area contributed by atoms with Crippen molar-refractivity contribution in [2.45, 2.75) is 31.7 Å². The van der Waals surface area contributed by atoms with E-state index >= 15 is 0 Å².